The van der Waals surface area contributed by atoms with Crippen molar-refractivity contribution in [1.82, 2.24) is 16.2 Å². The van der Waals surface area contributed by atoms with E-state index in [-0.39, 0.29) is 17.4 Å². The van der Waals surface area contributed by atoms with Crippen LogP contribution in [0.25, 0.3) is 0 Å². The molecule has 0 radical (unpaired) electrons. The molecule has 0 heterocycles. The third-order valence-electron chi connectivity index (χ3n) is 4.32. The molecule has 0 saturated carbocycles. The normalized spacial score (nSPS) is 10.5. The van der Waals surface area contributed by atoms with Crippen LogP contribution in [0.2, 0.25) is 10.0 Å². The molecule has 0 saturated heterocycles. The fraction of sp³-hybridized carbons (Fsp3) is 0.348. The first-order chi connectivity index (χ1) is 15.7. The predicted molar refractivity (Wildman–Crippen MR) is 134 cm³/mol. The van der Waals surface area contributed by atoms with Gasteiger partial charge in [-0.15, -0.1) is 0 Å². The summed E-state index contributed by atoms with van der Waals surface area (Å²) in [5.41, 5.74) is 5.36. The molecule has 0 spiro atoms. The van der Waals surface area contributed by atoms with Crippen molar-refractivity contribution in [3.8, 4) is 11.5 Å². The van der Waals surface area contributed by atoms with Gasteiger partial charge in [0.1, 0.15) is 11.5 Å². The van der Waals surface area contributed by atoms with Gasteiger partial charge in [-0.2, -0.15) is 0 Å². The number of carbonyl (C=O) groups excluding carboxylic acids is 2. The molecular formula is C23H27Cl2N3O4S. The van der Waals surface area contributed by atoms with Crippen molar-refractivity contribution in [2.75, 3.05) is 13.2 Å². The van der Waals surface area contributed by atoms with Gasteiger partial charge in [-0.3, -0.25) is 25.8 Å². The van der Waals surface area contributed by atoms with Crippen molar-refractivity contribution >= 4 is 52.3 Å². The maximum Gasteiger partial charge on any atom is 0.257 e. The number of hydrazine groups is 1. The summed E-state index contributed by atoms with van der Waals surface area (Å²) in [4.78, 5) is 24.2. The first-order valence-electron chi connectivity index (χ1n) is 10.5. The molecule has 10 heteroatoms. The fourth-order valence-corrected chi connectivity index (χ4v) is 3.12. The number of hydrogen-bond acceptors (Lipinski definition) is 5. The highest BCUT2D eigenvalue weighted by molar-refractivity contribution is 7.80. The summed E-state index contributed by atoms with van der Waals surface area (Å²) >= 11 is 16.9. The summed E-state index contributed by atoms with van der Waals surface area (Å²) < 4.78 is 11.2. The van der Waals surface area contributed by atoms with Gasteiger partial charge in [0.2, 0.25) is 5.91 Å². The Morgan fingerprint density at radius 3 is 2.39 bits per heavy atom. The Bertz CT molecular complexity index is 955. The van der Waals surface area contributed by atoms with Gasteiger partial charge in [0.15, 0.2) is 5.11 Å². The molecule has 2 amide bonds. The van der Waals surface area contributed by atoms with Crippen LogP contribution in [0.1, 0.15) is 43.5 Å². The number of hydrogen-bond donors (Lipinski definition) is 3. The number of thiocarbonyl (C=S) groups is 1. The first-order valence-corrected chi connectivity index (χ1v) is 11.6. The van der Waals surface area contributed by atoms with Crippen LogP contribution in [-0.4, -0.2) is 30.1 Å². The molecule has 2 rings (SSSR count). The zero-order chi connectivity index (χ0) is 24.2. The van der Waals surface area contributed by atoms with Crippen molar-refractivity contribution in [1.29, 1.82) is 0 Å². The van der Waals surface area contributed by atoms with Gasteiger partial charge >= 0.3 is 0 Å². The van der Waals surface area contributed by atoms with E-state index in [1.165, 1.54) is 0 Å². The van der Waals surface area contributed by atoms with Gasteiger partial charge in [0.25, 0.3) is 5.91 Å². The van der Waals surface area contributed by atoms with Crippen LogP contribution in [0.15, 0.2) is 42.5 Å². The Kier molecular flexibility index (Phi) is 11.2. The van der Waals surface area contributed by atoms with Crippen LogP contribution in [0.5, 0.6) is 11.5 Å². The first kappa shape index (κ1) is 26.7. The van der Waals surface area contributed by atoms with Crippen LogP contribution >= 0.6 is 35.4 Å². The van der Waals surface area contributed by atoms with E-state index in [1.807, 2.05) is 0 Å². The lowest BCUT2D eigenvalue weighted by Gasteiger charge is -2.12. The van der Waals surface area contributed by atoms with E-state index in [9.17, 15) is 9.59 Å². The topological polar surface area (TPSA) is 88.7 Å². The van der Waals surface area contributed by atoms with Crippen LogP contribution in [0.4, 0.5) is 0 Å². The fourth-order valence-electron chi connectivity index (χ4n) is 2.52. The second-order valence-electron chi connectivity index (χ2n) is 7.54. The molecular weight excluding hydrogens is 485 g/mol. The minimum Gasteiger partial charge on any atom is -0.494 e. The van der Waals surface area contributed by atoms with Gasteiger partial charge < -0.3 is 9.47 Å². The molecule has 178 valence electrons. The van der Waals surface area contributed by atoms with E-state index >= 15 is 0 Å². The number of nitrogens with one attached hydrogen (secondary N) is 3. The van der Waals surface area contributed by atoms with Gasteiger partial charge in [-0.05, 0) is 73.4 Å². The summed E-state index contributed by atoms with van der Waals surface area (Å²) in [5, 5.41) is 3.41. The molecule has 0 unspecified atom stereocenters. The Morgan fingerprint density at radius 1 is 1.00 bits per heavy atom. The number of benzene rings is 2. The molecule has 2 aromatic rings. The zero-order valence-corrected chi connectivity index (χ0v) is 20.8. The van der Waals surface area contributed by atoms with Crippen molar-refractivity contribution in [3.63, 3.8) is 0 Å². The largest absolute Gasteiger partial charge is 0.494 e. The van der Waals surface area contributed by atoms with E-state index in [1.54, 1.807) is 42.5 Å². The molecule has 0 aromatic heterocycles. The second kappa shape index (κ2) is 13.9. The third-order valence-corrected chi connectivity index (χ3v) is 5.06. The molecule has 0 aliphatic heterocycles. The maximum atomic E-state index is 12.3. The van der Waals surface area contributed by atoms with Gasteiger partial charge in [0.05, 0.1) is 18.2 Å². The van der Waals surface area contributed by atoms with Crippen LogP contribution in [-0.2, 0) is 4.79 Å². The van der Waals surface area contributed by atoms with Crippen molar-refractivity contribution in [2.24, 2.45) is 5.92 Å². The van der Waals surface area contributed by atoms with Crippen LogP contribution < -0.4 is 25.6 Å². The minimum atomic E-state index is -0.399. The third kappa shape index (κ3) is 10.3. The lowest BCUT2D eigenvalue weighted by Crippen LogP contribution is -2.48. The monoisotopic (exact) mass is 511 g/mol. The molecule has 3 N–H and O–H groups in total. The predicted octanol–water partition coefficient (Wildman–Crippen LogP) is 4.91. The van der Waals surface area contributed by atoms with E-state index in [0.29, 0.717) is 52.7 Å². The summed E-state index contributed by atoms with van der Waals surface area (Å²) in [6.07, 6.45) is 1.60. The maximum absolute atomic E-state index is 12.3. The number of ether oxygens (including phenoxy) is 2. The van der Waals surface area contributed by atoms with Gasteiger partial charge in [-0.1, -0.05) is 37.0 Å². The van der Waals surface area contributed by atoms with Gasteiger partial charge in [0, 0.05) is 17.0 Å². The smallest absolute Gasteiger partial charge is 0.257 e. The average molecular weight is 512 g/mol. The number of halogens is 2. The van der Waals surface area contributed by atoms with Gasteiger partial charge in [-0.25, -0.2) is 0 Å². The minimum absolute atomic E-state index is 0.0187. The summed E-state index contributed by atoms with van der Waals surface area (Å²) in [5.74, 6) is 1.05. The highest BCUT2D eigenvalue weighted by Crippen LogP contribution is 2.27. The van der Waals surface area contributed by atoms with Crippen molar-refractivity contribution in [2.45, 2.75) is 33.1 Å². The molecule has 0 atom stereocenters. The second-order valence-corrected chi connectivity index (χ2v) is 8.79. The molecule has 7 nitrogen and oxygen atoms in total. The quantitative estimate of drug-likeness (QED) is 0.238. The molecule has 2 aromatic carbocycles. The molecule has 0 aliphatic carbocycles. The van der Waals surface area contributed by atoms with E-state index in [0.717, 1.165) is 6.42 Å². The molecule has 0 aliphatic rings. The highest BCUT2D eigenvalue weighted by Gasteiger charge is 2.09. The molecule has 33 heavy (non-hydrogen) atoms. The standard InChI is InChI=1S/C23H27Cl2N3O4S/c1-15(2)11-13-31-18-8-5-16(6-9-18)22(30)26-23(33)28-27-21(29)4-3-12-32-20-10-7-17(24)14-19(20)25/h5-10,14-15H,3-4,11-13H2,1-2H3,(H,27,29)(H2,26,28,30,33). The Hall–Kier alpha value is -2.55. The summed E-state index contributed by atoms with van der Waals surface area (Å²) in [6.45, 7) is 5.18. The van der Waals surface area contributed by atoms with E-state index in [4.69, 9.17) is 44.9 Å². The summed E-state index contributed by atoms with van der Waals surface area (Å²) in [7, 11) is 0. The van der Waals surface area contributed by atoms with E-state index < -0.39 is 5.91 Å². The average Bonchev–Trinajstić information content (AvgIpc) is 2.76. The lowest BCUT2D eigenvalue weighted by molar-refractivity contribution is -0.121. The number of amides is 2. The lowest BCUT2D eigenvalue weighted by atomic mass is 10.1. The number of rotatable bonds is 10. The van der Waals surface area contributed by atoms with Crippen molar-refractivity contribution < 1.29 is 19.1 Å². The Morgan fingerprint density at radius 2 is 1.73 bits per heavy atom. The Labute approximate surface area is 209 Å². The SMILES string of the molecule is CC(C)CCOc1ccc(C(=O)NC(=S)NNC(=O)CCCOc2ccc(Cl)cc2Cl)cc1. The van der Waals surface area contributed by atoms with Crippen LogP contribution in [0.3, 0.4) is 0 Å². The molecule has 0 fully saturated rings. The number of carbonyl (C=O) groups is 2. The van der Waals surface area contributed by atoms with E-state index in [2.05, 4.69) is 30.0 Å². The highest BCUT2D eigenvalue weighted by atomic mass is 35.5. The van der Waals surface area contributed by atoms with Crippen molar-refractivity contribution in [3.05, 3.63) is 58.1 Å². The van der Waals surface area contributed by atoms with Crippen LogP contribution in [0, 0.1) is 5.92 Å². The zero-order valence-electron chi connectivity index (χ0n) is 18.5. The summed E-state index contributed by atoms with van der Waals surface area (Å²) in [6, 6.07) is 11.7. The Balaban J connectivity index is 1.64. The molecule has 0 bridgehead atoms.